The third kappa shape index (κ3) is 4.79. The van der Waals surface area contributed by atoms with Crippen LogP contribution in [0.4, 0.5) is 30.8 Å². The van der Waals surface area contributed by atoms with Crippen LogP contribution in [0.5, 0.6) is 0 Å². The molecule has 0 atom stereocenters. The van der Waals surface area contributed by atoms with Crippen LogP contribution in [0.2, 0.25) is 5.02 Å². The summed E-state index contributed by atoms with van der Waals surface area (Å²) in [5.74, 6) is -2.05. The number of aromatic nitrogens is 1. The molecule has 1 aromatic carbocycles. The van der Waals surface area contributed by atoms with Crippen LogP contribution < -0.4 is 10.2 Å². The molecule has 0 saturated carbocycles. The average molecular weight is 370 g/mol. The van der Waals surface area contributed by atoms with Gasteiger partial charge in [0, 0.05) is 24.9 Å². The van der Waals surface area contributed by atoms with E-state index in [1.807, 2.05) is 20.8 Å². The molecular formula is C17H18ClF2N3O2. The summed E-state index contributed by atoms with van der Waals surface area (Å²) in [4.78, 5) is 16.7. The molecular weight excluding hydrogens is 352 g/mol. The van der Waals surface area contributed by atoms with Gasteiger partial charge in [0.05, 0.1) is 16.4 Å². The highest BCUT2D eigenvalue weighted by molar-refractivity contribution is 6.33. The highest BCUT2D eigenvalue weighted by Gasteiger charge is 2.26. The van der Waals surface area contributed by atoms with E-state index < -0.39 is 23.1 Å². The van der Waals surface area contributed by atoms with E-state index in [0.29, 0.717) is 0 Å². The van der Waals surface area contributed by atoms with Crippen molar-refractivity contribution < 1.29 is 18.7 Å². The first-order chi connectivity index (χ1) is 11.6. The number of pyridine rings is 1. The predicted octanol–water partition coefficient (Wildman–Crippen LogP) is 5.29. The van der Waals surface area contributed by atoms with E-state index in [0.717, 1.165) is 17.0 Å². The molecule has 2 aromatic rings. The molecule has 1 aromatic heterocycles. The van der Waals surface area contributed by atoms with Gasteiger partial charge in [-0.2, -0.15) is 0 Å². The topological polar surface area (TPSA) is 65.5 Å². The molecule has 1 amide bonds. The maximum atomic E-state index is 13.8. The van der Waals surface area contributed by atoms with Gasteiger partial charge in [-0.15, -0.1) is 0 Å². The lowest BCUT2D eigenvalue weighted by Gasteiger charge is -2.29. The van der Waals surface area contributed by atoms with Crippen molar-refractivity contribution in [2.24, 2.45) is 5.41 Å². The lowest BCUT2D eigenvalue weighted by Crippen LogP contribution is -2.37. The summed E-state index contributed by atoms with van der Waals surface area (Å²) in [5, 5.41) is 12.6. The molecule has 0 unspecified atom stereocenters. The molecule has 5 nitrogen and oxygen atoms in total. The van der Waals surface area contributed by atoms with Gasteiger partial charge in [-0.1, -0.05) is 32.4 Å². The molecule has 0 aliphatic rings. The number of amides is 1. The second-order valence-electron chi connectivity index (χ2n) is 6.67. The van der Waals surface area contributed by atoms with Crippen LogP contribution in [0.25, 0.3) is 0 Å². The van der Waals surface area contributed by atoms with Crippen molar-refractivity contribution in [3.05, 3.63) is 47.1 Å². The van der Waals surface area contributed by atoms with Crippen LogP contribution in [0.1, 0.15) is 20.8 Å². The fourth-order valence-corrected chi connectivity index (χ4v) is 2.36. The molecule has 0 aliphatic carbocycles. The van der Waals surface area contributed by atoms with Gasteiger partial charge in [-0.3, -0.25) is 4.90 Å². The molecule has 8 heteroatoms. The number of hydrogen-bond acceptors (Lipinski definition) is 3. The first-order valence-corrected chi connectivity index (χ1v) is 7.83. The van der Waals surface area contributed by atoms with Crippen molar-refractivity contribution >= 4 is 34.9 Å². The van der Waals surface area contributed by atoms with Crippen LogP contribution >= 0.6 is 11.6 Å². The van der Waals surface area contributed by atoms with Crippen LogP contribution in [0.15, 0.2) is 30.5 Å². The molecule has 134 valence electrons. The van der Waals surface area contributed by atoms with E-state index >= 15 is 0 Å². The van der Waals surface area contributed by atoms with Crippen molar-refractivity contribution in [1.82, 2.24) is 4.98 Å². The number of anilines is 3. The van der Waals surface area contributed by atoms with E-state index in [4.69, 9.17) is 11.6 Å². The standard InChI is InChI=1S/C17H18ClF2N3O2/c1-17(2,3)9-23(16(24)25)14-8-12(20)11(19)7-13(14)22-15-10(18)5-4-6-21-15/h4-8H,9H2,1-3H3,(H,21,22)(H,24,25). The minimum Gasteiger partial charge on any atom is -0.465 e. The summed E-state index contributed by atoms with van der Waals surface area (Å²) in [6.45, 7) is 5.60. The van der Waals surface area contributed by atoms with Crippen molar-refractivity contribution in [2.45, 2.75) is 20.8 Å². The van der Waals surface area contributed by atoms with Crippen molar-refractivity contribution in [1.29, 1.82) is 0 Å². The van der Waals surface area contributed by atoms with E-state index in [9.17, 15) is 18.7 Å². The van der Waals surface area contributed by atoms with Crippen LogP contribution in [0, 0.1) is 17.0 Å². The number of benzene rings is 1. The molecule has 25 heavy (non-hydrogen) atoms. The quantitative estimate of drug-likeness (QED) is 0.768. The van der Waals surface area contributed by atoms with E-state index in [2.05, 4.69) is 10.3 Å². The smallest absolute Gasteiger partial charge is 0.411 e. The maximum Gasteiger partial charge on any atom is 0.411 e. The second kappa shape index (κ2) is 7.23. The third-order valence-electron chi connectivity index (χ3n) is 3.20. The van der Waals surface area contributed by atoms with Gasteiger partial charge in [-0.25, -0.2) is 18.6 Å². The Balaban J connectivity index is 2.54. The number of hydrogen-bond donors (Lipinski definition) is 2. The molecule has 0 radical (unpaired) electrons. The van der Waals surface area contributed by atoms with Crippen LogP contribution in [-0.2, 0) is 0 Å². The Kier molecular flexibility index (Phi) is 5.47. The van der Waals surface area contributed by atoms with Gasteiger partial charge in [-0.05, 0) is 17.5 Å². The summed E-state index contributed by atoms with van der Waals surface area (Å²) in [7, 11) is 0. The molecule has 0 spiro atoms. The van der Waals surface area contributed by atoms with E-state index in [1.165, 1.54) is 6.20 Å². The van der Waals surface area contributed by atoms with E-state index in [1.54, 1.807) is 12.1 Å². The second-order valence-corrected chi connectivity index (χ2v) is 7.08. The van der Waals surface area contributed by atoms with Gasteiger partial charge < -0.3 is 10.4 Å². The van der Waals surface area contributed by atoms with Gasteiger partial charge in [0.25, 0.3) is 0 Å². The third-order valence-corrected chi connectivity index (χ3v) is 3.51. The Morgan fingerprint density at radius 3 is 2.52 bits per heavy atom. The zero-order chi connectivity index (χ0) is 18.8. The molecule has 0 bridgehead atoms. The van der Waals surface area contributed by atoms with Crippen molar-refractivity contribution in [2.75, 3.05) is 16.8 Å². The molecule has 0 fully saturated rings. The molecule has 1 heterocycles. The molecule has 0 saturated heterocycles. The predicted molar refractivity (Wildman–Crippen MR) is 93.7 cm³/mol. The number of nitrogens with zero attached hydrogens (tertiary/aromatic N) is 2. The Hall–Kier alpha value is -2.41. The largest absolute Gasteiger partial charge is 0.465 e. The van der Waals surface area contributed by atoms with Gasteiger partial charge >= 0.3 is 6.09 Å². The number of carboxylic acid groups (broad SMARTS) is 1. The SMILES string of the molecule is CC(C)(C)CN(C(=O)O)c1cc(F)c(F)cc1Nc1ncccc1Cl. The van der Waals surface area contributed by atoms with Gasteiger partial charge in [0.2, 0.25) is 0 Å². The first kappa shape index (κ1) is 18.9. The Labute approximate surface area is 149 Å². The lowest BCUT2D eigenvalue weighted by atomic mass is 9.96. The Morgan fingerprint density at radius 1 is 1.32 bits per heavy atom. The fraction of sp³-hybridized carbons (Fsp3) is 0.294. The van der Waals surface area contributed by atoms with Gasteiger partial charge in [0.15, 0.2) is 11.6 Å². The fourth-order valence-electron chi connectivity index (χ4n) is 2.20. The highest BCUT2D eigenvalue weighted by Crippen LogP contribution is 2.34. The monoisotopic (exact) mass is 369 g/mol. The number of rotatable bonds is 4. The molecule has 2 rings (SSSR count). The number of halogens is 3. The number of carbonyl (C=O) groups is 1. The van der Waals surface area contributed by atoms with Gasteiger partial charge in [0.1, 0.15) is 5.82 Å². The summed E-state index contributed by atoms with van der Waals surface area (Å²) < 4.78 is 27.5. The minimum absolute atomic E-state index is 0.0250. The summed E-state index contributed by atoms with van der Waals surface area (Å²) in [6, 6.07) is 4.91. The summed E-state index contributed by atoms with van der Waals surface area (Å²) >= 11 is 6.02. The van der Waals surface area contributed by atoms with Crippen molar-refractivity contribution in [3.63, 3.8) is 0 Å². The average Bonchev–Trinajstić information content (AvgIpc) is 2.49. The minimum atomic E-state index is -1.28. The maximum absolute atomic E-state index is 13.8. The Bertz CT molecular complexity index is 794. The summed E-state index contributed by atoms with van der Waals surface area (Å²) in [6.07, 6.45) is 0.189. The van der Waals surface area contributed by atoms with E-state index in [-0.39, 0.29) is 28.8 Å². The Morgan fingerprint density at radius 2 is 1.96 bits per heavy atom. The number of nitrogens with one attached hydrogen (secondary N) is 1. The molecule has 2 N–H and O–H groups in total. The van der Waals surface area contributed by atoms with Crippen molar-refractivity contribution in [3.8, 4) is 0 Å². The summed E-state index contributed by atoms with van der Waals surface area (Å²) in [5.41, 5.74) is -0.377. The van der Waals surface area contributed by atoms with Crippen LogP contribution in [0.3, 0.4) is 0 Å². The first-order valence-electron chi connectivity index (χ1n) is 7.45. The normalized spacial score (nSPS) is 11.3. The zero-order valence-electron chi connectivity index (χ0n) is 14.0. The lowest BCUT2D eigenvalue weighted by molar-refractivity contribution is 0.198. The zero-order valence-corrected chi connectivity index (χ0v) is 14.7. The van der Waals surface area contributed by atoms with Crippen LogP contribution in [-0.4, -0.2) is 22.7 Å². The molecule has 0 aliphatic heterocycles. The highest BCUT2D eigenvalue weighted by atomic mass is 35.5.